The molecular formula is C11H13NO2. The standard InChI is InChI=1S/C11H13NO2/c1-7-3-4-10(14-7)11(12)9-5-8(2)13-6-9/h3-6,11H,12H2,1-2H3. The van der Waals surface area contributed by atoms with E-state index in [0.29, 0.717) is 0 Å². The van der Waals surface area contributed by atoms with Crippen LogP contribution in [0.3, 0.4) is 0 Å². The minimum absolute atomic E-state index is 0.235. The second kappa shape index (κ2) is 3.35. The molecule has 3 nitrogen and oxygen atoms in total. The normalized spacial score (nSPS) is 13.1. The number of rotatable bonds is 2. The van der Waals surface area contributed by atoms with Crippen LogP contribution in [0.25, 0.3) is 0 Å². The molecule has 14 heavy (non-hydrogen) atoms. The fraction of sp³-hybridized carbons (Fsp3) is 0.273. The van der Waals surface area contributed by atoms with Crippen molar-refractivity contribution in [3.05, 3.63) is 47.3 Å². The molecule has 0 radical (unpaired) electrons. The first-order chi connectivity index (χ1) is 6.66. The molecule has 0 aliphatic carbocycles. The Bertz CT molecular complexity index is 388. The van der Waals surface area contributed by atoms with Gasteiger partial charge in [-0.2, -0.15) is 0 Å². The molecule has 1 unspecified atom stereocenters. The number of aryl methyl sites for hydroxylation is 2. The van der Waals surface area contributed by atoms with Crippen LogP contribution in [0.15, 0.2) is 33.3 Å². The molecule has 2 aromatic heterocycles. The Hall–Kier alpha value is -1.48. The topological polar surface area (TPSA) is 52.3 Å². The fourth-order valence-electron chi connectivity index (χ4n) is 1.41. The molecule has 0 aliphatic rings. The molecule has 0 aromatic carbocycles. The highest BCUT2D eigenvalue weighted by Crippen LogP contribution is 2.22. The molecule has 2 heterocycles. The first kappa shape index (κ1) is 9.09. The molecule has 0 spiro atoms. The van der Waals surface area contributed by atoms with Crippen molar-refractivity contribution < 1.29 is 8.83 Å². The quantitative estimate of drug-likeness (QED) is 0.793. The van der Waals surface area contributed by atoms with E-state index in [2.05, 4.69) is 0 Å². The molecule has 0 aliphatic heterocycles. The maximum atomic E-state index is 5.99. The van der Waals surface area contributed by atoms with Gasteiger partial charge in [-0.15, -0.1) is 0 Å². The number of hydrogen-bond donors (Lipinski definition) is 1. The molecule has 0 bridgehead atoms. The molecule has 3 heteroatoms. The zero-order chi connectivity index (χ0) is 10.1. The van der Waals surface area contributed by atoms with E-state index in [-0.39, 0.29) is 6.04 Å². The predicted molar refractivity (Wildman–Crippen MR) is 52.9 cm³/mol. The van der Waals surface area contributed by atoms with Gasteiger partial charge in [0.1, 0.15) is 17.3 Å². The van der Waals surface area contributed by atoms with Crippen molar-refractivity contribution in [3.63, 3.8) is 0 Å². The summed E-state index contributed by atoms with van der Waals surface area (Å²) < 4.78 is 10.6. The first-order valence-electron chi connectivity index (χ1n) is 4.54. The van der Waals surface area contributed by atoms with Crippen LogP contribution in [0.1, 0.15) is 28.9 Å². The average Bonchev–Trinajstić information content (AvgIpc) is 2.73. The van der Waals surface area contributed by atoms with Crippen molar-refractivity contribution >= 4 is 0 Å². The van der Waals surface area contributed by atoms with E-state index < -0.39 is 0 Å². The van der Waals surface area contributed by atoms with E-state index in [0.717, 1.165) is 22.8 Å². The van der Waals surface area contributed by atoms with Crippen LogP contribution in [-0.4, -0.2) is 0 Å². The van der Waals surface area contributed by atoms with Crippen LogP contribution < -0.4 is 5.73 Å². The van der Waals surface area contributed by atoms with Crippen molar-refractivity contribution in [1.29, 1.82) is 0 Å². The van der Waals surface area contributed by atoms with E-state index >= 15 is 0 Å². The lowest BCUT2D eigenvalue weighted by Gasteiger charge is -2.04. The Morgan fingerprint density at radius 1 is 1.21 bits per heavy atom. The summed E-state index contributed by atoms with van der Waals surface area (Å²) in [6.45, 7) is 3.79. The van der Waals surface area contributed by atoms with Gasteiger partial charge in [-0.05, 0) is 32.0 Å². The second-order valence-electron chi connectivity index (χ2n) is 3.42. The van der Waals surface area contributed by atoms with Gasteiger partial charge < -0.3 is 14.6 Å². The molecule has 0 saturated carbocycles. The zero-order valence-corrected chi connectivity index (χ0v) is 8.28. The third-order valence-electron chi connectivity index (χ3n) is 2.18. The van der Waals surface area contributed by atoms with E-state index in [1.165, 1.54) is 0 Å². The van der Waals surface area contributed by atoms with Gasteiger partial charge in [-0.25, -0.2) is 0 Å². The Morgan fingerprint density at radius 2 is 2.00 bits per heavy atom. The average molecular weight is 191 g/mol. The maximum absolute atomic E-state index is 5.99. The van der Waals surface area contributed by atoms with E-state index in [1.54, 1.807) is 6.26 Å². The summed E-state index contributed by atoms with van der Waals surface area (Å²) in [6.07, 6.45) is 1.66. The summed E-state index contributed by atoms with van der Waals surface area (Å²) in [5.41, 5.74) is 6.93. The van der Waals surface area contributed by atoms with Gasteiger partial charge in [0.2, 0.25) is 0 Å². The number of nitrogens with two attached hydrogens (primary N) is 1. The van der Waals surface area contributed by atoms with Crippen LogP contribution in [0.5, 0.6) is 0 Å². The summed E-state index contributed by atoms with van der Waals surface area (Å²) >= 11 is 0. The number of furan rings is 2. The summed E-state index contributed by atoms with van der Waals surface area (Å²) in [7, 11) is 0. The van der Waals surface area contributed by atoms with Crippen molar-refractivity contribution in [2.75, 3.05) is 0 Å². The van der Waals surface area contributed by atoms with Crippen LogP contribution in [-0.2, 0) is 0 Å². The number of hydrogen-bond acceptors (Lipinski definition) is 3. The van der Waals surface area contributed by atoms with Gasteiger partial charge in [-0.1, -0.05) is 0 Å². The van der Waals surface area contributed by atoms with Crippen molar-refractivity contribution in [3.8, 4) is 0 Å². The largest absolute Gasteiger partial charge is 0.469 e. The molecule has 0 saturated heterocycles. The molecule has 2 N–H and O–H groups in total. The van der Waals surface area contributed by atoms with Crippen LogP contribution >= 0.6 is 0 Å². The van der Waals surface area contributed by atoms with E-state index in [9.17, 15) is 0 Å². The van der Waals surface area contributed by atoms with Crippen LogP contribution in [0, 0.1) is 13.8 Å². The highest BCUT2D eigenvalue weighted by molar-refractivity contribution is 5.25. The molecule has 1 atom stereocenters. The predicted octanol–water partition coefficient (Wildman–Crippen LogP) is 2.54. The maximum Gasteiger partial charge on any atom is 0.125 e. The van der Waals surface area contributed by atoms with Gasteiger partial charge in [0.25, 0.3) is 0 Å². The minimum atomic E-state index is -0.235. The van der Waals surface area contributed by atoms with Crippen molar-refractivity contribution in [2.45, 2.75) is 19.9 Å². The molecule has 2 aromatic rings. The lowest BCUT2D eigenvalue weighted by Crippen LogP contribution is -2.09. The molecular weight excluding hydrogens is 178 g/mol. The van der Waals surface area contributed by atoms with Gasteiger partial charge in [0.15, 0.2) is 0 Å². The molecule has 2 rings (SSSR count). The lowest BCUT2D eigenvalue weighted by atomic mass is 10.1. The monoisotopic (exact) mass is 191 g/mol. The Kier molecular flexibility index (Phi) is 2.17. The molecule has 0 amide bonds. The SMILES string of the molecule is Cc1cc(C(N)c2ccc(C)o2)co1. The van der Waals surface area contributed by atoms with Crippen LogP contribution in [0.4, 0.5) is 0 Å². The Balaban J connectivity index is 2.28. The third-order valence-corrected chi connectivity index (χ3v) is 2.18. The Labute approximate surface area is 82.5 Å². The van der Waals surface area contributed by atoms with E-state index in [1.807, 2.05) is 32.0 Å². The second-order valence-corrected chi connectivity index (χ2v) is 3.42. The van der Waals surface area contributed by atoms with Gasteiger partial charge >= 0.3 is 0 Å². The van der Waals surface area contributed by atoms with Crippen molar-refractivity contribution in [1.82, 2.24) is 0 Å². The van der Waals surface area contributed by atoms with Gasteiger partial charge in [0, 0.05) is 5.56 Å². The first-order valence-corrected chi connectivity index (χ1v) is 4.54. The smallest absolute Gasteiger partial charge is 0.125 e. The highest BCUT2D eigenvalue weighted by Gasteiger charge is 2.14. The fourth-order valence-corrected chi connectivity index (χ4v) is 1.41. The summed E-state index contributed by atoms with van der Waals surface area (Å²) in [6, 6.07) is 5.48. The summed E-state index contributed by atoms with van der Waals surface area (Å²) in [4.78, 5) is 0. The molecule has 74 valence electrons. The van der Waals surface area contributed by atoms with E-state index in [4.69, 9.17) is 14.6 Å². The Morgan fingerprint density at radius 3 is 2.50 bits per heavy atom. The van der Waals surface area contributed by atoms with Crippen molar-refractivity contribution in [2.24, 2.45) is 5.73 Å². The summed E-state index contributed by atoms with van der Waals surface area (Å²) in [5.74, 6) is 2.50. The van der Waals surface area contributed by atoms with Gasteiger partial charge in [0.05, 0.1) is 12.3 Å². The third kappa shape index (κ3) is 1.59. The van der Waals surface area contributed by atoms with Crippen LogP contribution in [0.2, 0.25) is 0 Å². The molecule has 0 fully saturated rings. The summed E-state index contributed by atoms with van der Waals surface area (Å²) in [5, 5.41) is 0. The lowest BCUT2D eigenvalue weighted by molar-refractivity contribution is 0.463. The van der Waals surface area contributed by atoms with Gasteiger partial charge in [-0.3, -0.25) is 0 Å². The minimum Gasteiger partial charge on any atom is -0.469 e. The zero-order valence-electron chi connectivity index (χ0n) is 8.28. The highest BCUT2D eigenvalue weighted by atomic mass is 16.3.